The van der Waals surface area contributed by atoms with Gasteiger partial charge in [0, 0.05) is 35.9 Å². The molecule has 0 aliphatic carbocycles. The molecule has 0 amide bonds. The maximum Gasteiger partial charge on any atom is 0.139 e. The van der Waals surface area contributed by atoms with E-state index in [1.165, 1.54) is 11.8 Å². The molecular weight excluding hydrogens is 258 g/mol. The lowest BCUT2D eigenvalue weighted by molar-refractivity contribution is 0.481. The van der Waals surface area contributed by atoms with Gasteiger partial charge >= 0.3 is 0 Å². The highest BCUT2D eigenvalue weighted by molar-refractivity contribution is 5.83. The van der Waals surface area contributed by atoms with Gasteiger partial charge in [0.1, 0.15) is 5.65 Å². The molecule has 0 radical (unpaired) electrons. The topological polar surface area (TPSA) is 29.9 Å². The van der Waals surface area contributed by atoms with Gasteiger partial charge in [-0.3, -0.25) is 0 Å². The molecule has 2 aromatic rings. The second kappa shape index (κ2) is 5.86. The summed E-state index contributed by atoms with van der Waals surface area (Å²) in [5, 5.41) is 4.72. The van der Waals surface area contributed by atoms with Crippen LogP contribution in [0.4, 0.5) is 0 Å². The van der Waals surface area contributed by atoms with Crippen LogP contribution >= 0.6 is 0 Å². The number of fused-ring (bicyclic) bond motifs is 1. The van der Waals surface area contributed by atoms with Crippen LogP contribution in [0.25, 0.3) is 16.6 Å². The van der Waals surface area contributed by atoms with Gasteiger partial charge in [-0.1, -0.05) is 18.7 Å². The van der Waals surface area contributed by atoms with E-state index in [0.717, 1.165) is 29.9 Å². The van der Waals surface area contributed by atoms with E-state index >= 15 is 0 Å². The number of allylic oxidation sites excluding steroid dienone is 3. The normalized spacial score (nSPS) is 22.9. The first-order valence-electron chi connectivity index (χ1n) is 7.68. The van der Waals surface area contributed by atoms with Crippen molar-refractivity contribution in [3.05, 3.63) is 48.8 Å². The number of nitrogens with zero attached hydrogens (tertiary/aromatic N) is 2. The summed E-state index contributed by atoms with van der Waals surface area (Å²) >= 11 is 0. The zero-order valence-corrected chi connectivity index (χ0v) is 12.8. The van der Waals surface area contributed by atoms with Crippen molar-refractivity contribution in [2.45, 2.75) is 32.9 Å². The molecule has 1 fully saturated rings. The highest BCUT2D eigenvalue weighted by Gasteiger charge is 2.21. The first-order valence-corrected chi connectivity index (χ1v) is 7.68. The predicted molar refractivity (Wildman–Crippen MR) is 89.2 cm³/mol. The summed E-state index contributed by atoms with van der Waals surface area (Å²) in [5.74, 6) is 0.705. The van der Waals surface area contributed by atoms with Crippen LogP contribution in [0.2, 0.25) is 0 Å². The van der Waals surface area contributed by atoms with Gasteiger partial charge in [-0.2, -0.15) is 0 Å². The summed E-state index contributed by atoms with van der Waals surface area (Å²) in [6.45, 7) is 10.3. The third kappa shape index (κ3) is 2.79. The number of pyridine rings is 1. The molecule has 1 aliphatic heterocycles. The van der Waals surface area contributed by atoms with E-state index in [0.29, 0.717) is 12.0 Å². The lowest BCUT2D eigenvalue weighted by atomic mass is 10.1. The molecule has 21 heavy (non-hydrogen) atoms. The molecule has 0 saturated carbocycles. The van der Waals surface area contributed by atoms with Crippen LogP contribution in [-0.2, 0) is 6.54 Å². The van der Waals surface area contributed by atoms with Crippen LogP contribution in [0.3, 0.4) is 0 Å². The molecule has 2 unspecified atom stereocenters. The second-order valence-electron chi connectivity index (χ2n) is 5.96. The summed E-state index contributed by atoms with van der Waals surface area (Å²) in [6, 6.07) is 5.00. The molecule has 1 N–H and O–H groups in total. The first-order chi connectivity index (χ1) is 10.2. The fourth-order valence-corrected chi connectivity index (χ4v) is 3.24. The van der Waals surface area contributed by atoms with Crippen molar-refractivity contribution in [1.29, 1.82) is 0 Å². The quantitative estimate of drug-likeness (QED) is 0.867. The third-order valence-corrected chi connectivity index (χ3v) is 4.36. The fraction of sp³-hybridized carbons (Fsp3) is 0.389. The molecule has 3 rings (SSSR count). The fourth-order valence-electron chi connectivity index (χ4n) is 3.24. The van der Waals surface area contributed by atoms with Crippen molar-refractivity contribution >= 4 is 16.6 Å². The molecule has 0 aromatic carbocycles. The van der Waals surface area contributed by atoms with Crippen LogP contribution in [0.5, 0.6) is 0 Å². The zero-order valence-electron chi connectivity index (χ0n) is 12.8. The molecule has 3 heterocycles. The van der Waals surface area contributed by atoms with E-state index in [-0.39, 0.29) is 0 Å². The Morgan fingerprint density at radius 2 is 2.43 bits per heavy atom. The van der Waals surface area contributed by atoms with Gasteiger partial charge in [-0.05, 0) is 50.4 Å². The van der Waals surface area contributed by atoms with Gasteiger partial charge in [-0.15, -0.1) is 0 Å². The van der Waals surface area contributed by atoms with Gasteiger partial charge in [0.15, 0.2) is 0 Å². The standard InChI is InChI=1S/C18H23N3/c1-4-15(5-2)17-9-16-6-7-21(18(16)20-11-17)12-14-8-13(3)19-10-14/h4-7,9,11,13-14,19H,1,8,10,12H2,2-3H3/b15-5+. The Labute approximate surface area is 126 Å². The van der Waals surface area contributed by atoms with Crippen LogP contribution in [-0.4, -0.2) is 22.1 Å². The second-order valence-corrected chi connectivity index (χ2v) is 5.96. The third-order valence-electron chi connectivity index (χ3n) is 4.36. The van der Waals surface area contributed by atoms with E-state index in [1.807, 2.05) is 19.2 Å². The number of rotatable bonds is 4. The van der Waals surface area contributed by atoms with Crippen LogP contribution in [0, 0.1) is 5.92 Å². The van der Waals surface area contributed by atoms with E-state index in [1.54, 1.807) is 0 Å². The molecule has 110 valence electrons. The van der Waals surface area contributed by atoms with Crippen molar-refractivity contribution < 1.29 is 0 Å². The van der Waals surface area contributed by atoms with Crippen LogP contribution in [0.15, 0.2) is 43.3 Å². The van der Waals surface area contributed by atoms with Crippen molar-refractivity contribution in [2.24, 2.45) is 5.92 Å². The summed E-state index contributed by atoms with van der Waals surface area (Å²) in [5.41, 5.74) is 3.35. The largest absolute Gasteiger partial charge is 0.332 e. The van der Waals surface area contributed by atoms with Crippen molar-refractivity contribution in [3.63, 3.8) is 0 Å². The Balaban J connectivity index is 1.87. The molecule has 3 heteroatoms. The molecule has 3 nitrogen and oxygen atoms in total. The number of aromatic nitrogens is 2. The van der Waals surface area contributed by atoms with Gasteiger partial charge in [0.2, 0.25) is 0 Å². The number of hydrogen-bond acceptors (Lipinski definition) is 2. The highest BCUT2D eigenvalue weighted by Crippen LogP contribution is 2.23. The van der Waals surface area contributed by atoms with Crippen LogP contribution in [0.1, 0.15) is 25.8 Å². The Morgan fingerprint density at radius 1 is 1.57 bits per heavy atom. The van der Waals surface area contributed by atoms with E-state index in [2.05, 4.69) is 52.8 Å². The Bertz CT molecular complexity index is 681. The van der Waals surface area contributed by atoms with Gasteiger partial charge in [0.25, 0.3) is 0 Å². The molecular formula is C18H23N3. The van der Waals surface area contributed by atoms with Crippen molar-refractivity contribution in [2.75, 3.05) is 6.54 Å². The maximum absolute atomic E-state index is 4.67. The lowest BCUT2D eigenvalue weighted by Gasteiger charge is -2.11. The summed E-state index contributed by atoms with van der Waals surface area (Å²) in [6.07, 6.45) is 9.31. The molecule has 2 aromatic heterocycles. The van der Waals surface area contributed by atoms with Gasteiger partial charge in [0.05, 0.1) is 0 Å². The Morgan fingerprint density at radius 3 is 3.10 bits per heavy atom. The zero-order chi connectivity index (χ0) is 14.8. The molecule has 0 bridgehead atoms. The molecule has 1 saturated heterocycles. The average molecular weight is 281 g/mol. The first kappa shape index (κ1) is 14.1. The van der Waals surface area contributed by atoms with Crippen molar-refractivity contribution in [3.8, 4) is 0 Å². The predicted octanol–water partition coefficient (Wildman–Crippen LogP) is 3.62. The van der Waals surface area contributed by atoms with Crippen LogP contribution < -0.4 is 5.32 Å². The minimum absolute atomic E-state index is 0.640. The smallest absolute Gasteiger partial charge is 0.139 e. The Hall–Kier alpha value is -1.87. The van der Waals surface area contributed by atoms with E-state index in [4.69, 9.17) is 0 Å². The van der Waals surface area contributed by atoms with E-state index < -0.39 is 0 Å². The van der Waals surface area contributed by atoms with E-state index in [9.17, 15) is 0 Å². The minimum Gasteiger partial charge on any atom is -0.332 e. The number of nitrogens with one attached hydrogen (secondary N) is 1. The van der Waals surface area contributed by atoms with Gasteiger partial charge in [-0.25, -0.2) is 4.98 Å². The maximum atomic E-state index is 4.67. The lowest BCUT2D eigenvalue weighted by Crippen LogP contribution is -2.17. The van der Waals surface area contributed by atoms with Gasteiger partial charge < -0.3 is 9.88 Å². The Kier molecular flexibility index (Phi) is 3.93. The summed E-state index contributed by atoms with van der Waals surface area (Å²) < 4.78 is 2.28. The molecule has 1 aliphatic rings. The average Bonchev–Trinajstić information content (AvgIpc) is 3.07. The van der Waals surface area contributed by atoms with Crippen molar-refractivity contribution in [1.82, 2.24) is 14.9 Å². The summed E-state index contributed by atoms with van der Waals surface area (Å²) in [7, 11) is 0. The SMILES string of the molecule is C=C/C(=C\C)c1cnc2c(ccn2CC2CNC(C)C2)c1. The minimum atomic E-state index is 0.640. The summed E-state index contributed by atoms with van der Waals surface area (Å²) in [4.78, 5) is 4.67. The monoisotopic (exact) mass is 281 g/mol. The molecule has 0 spiro atoms. The highest BCUT2D eigenvalue weighted by atomic mass is 15.0. The number of hydrogen-bond donors (Lipinski definition) is 1. The molecule has 2 atom stereocenters.